The molecule has 1 atom stereocenters. The predicted octanol–water partition coefficient (Wildman–Crippen LogP) is 5.57. The number of hydrogen-bond acceptors (Lipinski definition) is 6. The van der Waals surface area contributed by atoms with Crippen LogP contribution in [0.5, 0.6) is 17.2 Å². The van der Waals surface area contributed by atoms with E-state index in [0.29, 0.717) is 40.0 Å². The summed E-state index contributed by atoms with van der Waals surface area (Å²) in [4.78, 5) is 12.5. The molecule has 3 aromatic carbocycles. The van der Waals surface area contributed by atoms with Gasteiger partial charge < -0.3 is 19.9 Å². The number of ether oxygens (including phenoxy) is 3. The Balaban J connectivity index is 1.66. The first-order valence-corrected chi connectivity index (χ1v) is 10.8. The number of nitrogens with zero attached hydrogens (tertiary/aromatic N) is 1. The van der Waals surface area contributed by atoms with Crippen molar-refractivity contribution in [1.29, 1.82) is 5.26 Å². The second-order valence-electron chi connectivity index (χ2n) is 7.44. The number of benzene rings is 3. The van der Waals surface area contributed by atoms with Crippen LogP contribution in [0.25, 0.3) is 0 Å². The fourth-order valence-corrected chi connectivity index (χ4v) is 3.72. The Hall–Kier alpha value is -3.95. The molecule has 0 spiro atoms. The van der Waals surface area contributed by atoms with Crippen LogP contribution >= 0.6 is 11.6 Å². The van der Waals surface area contributed by atoms with E-state index in [1.165, 1.54) is 0 Å². The topological polar surface area (TPSA) is 94.6 Å². The molecule has 0 radical (unpaired) electrons. The molecule has 2 N–H and O–H groups in total. The molecule has 1 aliphatic heterocycles. The minimum absolute atomic E-state index is 0.0102. The Kier molecular flexibility index (Phi) is 6.53. The van der Waals surface area contributed by atoms with Crippen LogP contribution in [-0.2, 0) is 0 Å². The summed E-state index contributed by atoms with van der Waals surface area (Å²) in [5.74, 6) is 0.465. The smallest absolute Gasteiger partial charge is 0.343 e. The monoisotopic (exact) mass is 460 g/mol. The second-order valence-corrected chi connectivity index (χ2v) is 7.88. The van der Waals surface area contributed by atoms with E-state index in [9.17, 15) is 10.1 Å². The van der Waals surface area contributed by atoms with Crippen LogP contribution in [-0.4, -0.2) is 12.6 Å². The fraction of sp³-hybridized carbons (Fsp3) is 0.154. The van der Waals surface area contributed by atoms with Crippen molar-refractivity contribution in [3.8, 4) is 23.3 Å². The molecule has 0 bridgehead atoms. The van der Waals surface area contributed by atoms with Crippen LogP contribution < -0.4 is 19.9 Å². The van der Waals surface area contributed by atoms with Crippen molar-refractivity contribution >= 4 is 17.6 Å². The molecule has 1 unspecified atom stereocenters. The number of nitrogens with two attached hydrogens (primary N) is 1. The summed E-state index contributed by atoms with van der Waals surface area (Å²) in [7, 11) is 0. The van der Waals surface area contributed by atoms with Crippen molar-refractivity contribution in [2.45, 2.75) is 19.3 Å². The van der Waals surface area contributed by atoms with Gasteiger partial charge >= 0.3 is 5.97 Å². The Morgan fingerprint density at radius 3 is 2.64 bits per heavy atom. The summed E-state index contributed by atoms with van der Waals surface area (Å²) >= 11 is 5.88. The molecule has 0 fully saturated rings. The molecule has 0 amide bonds. The van der Waals surface area contributed by atoms with Gasteiger partial charge in [0.15, 0.2) is 0 Å². The number of esters is 1. The molecule has 6 nitrogen and oxygen atoms in total. The predicted molar refractivity (Wildman–Crippen MR) is 124 cm³/mol. The second kappa shape index (κ2) is 9.68. The lowest BCUT2D eigenvalue weighted by Crippen LogP contribution is -2.21. The molecule has 3 aromatic rings. The van der Waals surface area contributed by atoms with Crippen LogP contribution in [0.2, 0.25) is 5.02 Å². The highest BCUT2D eigenvalue weighted by molar-refractivity contribution is 6.30. The van der Waals surface area contributed by atoms with Crippen LogP contribution in [0, 0.1) is 11.3 Å². The van der Waals surface area contributed by atoms with Gasteiger partial charge in [0, 0.05) is 16.7 Å². The van der Waals surface area contributed by atoms with E-state index in [0.717, 1.165) is 17.5 Å². The first kappa shape index (κ1) is 22.3. The first-order valence-electron chi connectivity index (χ1n) is 10.4. The number of carbonyl (C=O) groups excluding carboxylic acids is 1. The molecule has 33 heavy (non-hydrogen) atoms. The van der Waals surface area contributed by atoms with Crippen molar-refractivity contribution in [3.05, 3.63) is 99.9 Å². The van der Waals surface area contributed by atoms with Gasteiger partial charge in [-0.25, -0.2) is 4.79 Å². The third-order valence-electron chi connectivity index (χ3n) is 5.15. The minimum Gasteiger partial charge on any atom is -0.494 e. The van der Waals surface area contributed by atoms with Gasteiger partial charge in [-0.1, -0.05) is 36.7 Å². The Morgan fingerprint density at radius 2 is 1.91 bits per heavy atom. The average Bonchev–Trinajstić information content (AvgIpc) is 2.82. The lowest BCUT2D eigenvalue weighted by atomic mass is 9.83. The van der Waals surface area contributed by atoms with Gasteiger partial charge in [0.1, 0.15) is 28.9 Å². The zero-order valence-corrected chi connectivity index (χ0v) is 18.6. The summed E-state index contributed by atoms with van der Waals surface area (Å²) in [5.41, 5.74) is 8.35. The minimum atomic E-state index is -0.527. The van der Waals surface area contributed by atoms with Crippen LogP contribution in [0.15, 0.2) is 78.2 Å². The van der Waals surface area contributed by atoms with Crippen LogP contribution in [0.3, 0.4) is 0 Å². The molecule has 0 aromatic heterocycles. The summed E-state index contributed by atoms with van der Waals surface area (Å²) in [6.45, 7) is 2.63. The molecule has 1 aliphatic rings. The van der Waals surface area contributed by atoms with Gasteiger partial charge in [-0.2, -0.15) is 5.26 Å². The highest BCUT2D eigenvalue weighted by Gasteiger charge is 2.31. The number of allylic oxidation sites excluding steroid dienone is 1. The van der Waals surface area contributed by atoms with Crippen molar-refractivity contribution < 1.29 is 19.0 Å². The van der Waals surface area contributed by atoms with E-state index < -0.39 is 11.9 Å². The highest BCUT2D eigenvalue weighted by atomic mass is 35.5. The maximum absolute atomic E-state index is 12.5. The van der Waals surface area contributed by atoms with Crippen molar-refractivity contribution in [2.75, 3.05) is 6.61 Å². The maximum atomic E-state index is 12.5. The first-order chi connectivity index (χ1) is 16.0. The number of nitriles is 1. The lowest BCUT2D eigenvalue weighted by Gasteiger charge is -2.27. The molecule has 4 rings (SSSR count). The van der Waals surface area contributed by atoms with Crippen molar-refractivity contribution in [2.24, 2.45) is 5.73 Å². The van der Waals surface area contributed by atoms with Gasteiger partial charge in [-0.15, -0.1) is 0 Å². The SMILES string of the molecule is CCCOc1cccc(C2C(C#N)=C(N)Oc3cc(OC(=O)c4ccc(Cl)cc4)ccc32)c1. The standard InChI is InChI=1S/C26H21ClN2O4/c1-2-12-31-19-5-3-4-17(13-19)24-21-11-10-20(14-23(21)33-25(29)22(24)15-28)32-26(30)16-6-8-18(27)9-7-16/h3-11,13-14,24H,2,12,29H2,1H3. The van der Waals surface area contributed by atoms with Crippen LogP contribution in [0.4, 0.5) is 0 Å². The summed E-state index contributed by atoms with van der Waals surface area (Å²) < 4.78 is 17.0. The Morgan fingerprint density at radius 1 is 1.12 bits per heavy atom. The Labute approximate surface area is 196 Å². The number of hydrogen-bond donors (Lipinski definition) is 1. The molecular formula is C26H21ClN2O4. The summed E-state index contributed by atoms with van der Waals surface area (Å²) in [6, 6.07) is 21.2. The van der Waals surface area contributed by atoms with Crippen molar-refractivity contribution in [1.82, 2.24) is 0 Å². The Bertz CT molecular complexity index is 1260. The number of carbonyl (C=O) groups is 1. The number of halogens is 1. The van der Waals surface area contributed by atoms with E-state index in [2.05, 4.69) is 6.07 Å². The molecule has 1 heterocycles. The largest absolute Gasteiger partial charge is 0.494 e. The van der Waals surface area contributed by atoms with Crippen molar-refractivity contribution in [3.63, 3.8) is 0 Å². The number of fused-ring (bicyclic) bond motifs is 1. The number of rotatable bonds is 6. The van der Waals surface area contributed by atoms with E-state index in [-0.39, 0.29) is 5.88 Å². The quantitative estimate of drug-likeness (QED) is 0.382. The molecule has 7 heteroatoms. The molecule has 166 valence electrons. The zero-order chi connectivity index (χ0) is 23.4. The maximum Gasteiger partial charge on any atom is 0.343 e. The van der Waals surface area contributed by atoms with E-state index in [4.69, 9.17) is 31.5 Å². The zero-order valence-electron chi connectivity index (χ0n) is 17.9. The van der Waals surface area contributed by atoms with E-state index in [1.54, 1.807) is 42.5 Å². The summed E-state index contributed by atoms with van der Waals surface area (Å²) in [6.07, 6.45) is 0.887. The summed E-state index contributed by atoms with van der Waals surface area (Å²) in [5, 5.41) is 10.3. The molecular weight excluding hydrogens is 440 g/mol. The van der Waals surface area contributed by atoms with Gasteiger partial charge in [0.2, 0.25) is 5.88 Å². The van der Waals surface area contributed by atoms with Gasteiger partial charge in [0.25, 0.3) is 0 Å². The molecule has 0 saturated carbocycles. The average molecular weight is 461 g/mol. The third-order valence-corrected chi connectivity index (χ3v) is 5.40. The van der Waals surface area contributed by atoms with Crippen LogP contribution in [0.1, 0.15) is 40.7 Å². The molecule has 0 aliphatic carbocycles. The third kappa shape index (κ3) is 4.79. The molecule has 0 saturated heterocycles. The van der Waals surface area contributed by atoms with Gasteiger partial charge in [0.05, 0.1) is 18.1 Å². The van der Waals surface area contributed by atoms with Gasteiger partial charge in [-0.05, 0) is 54.4 Å². The normalized spacial score (nSPS) is 14.6. The lowest BCUT2D eigenvalue weighted by molar-refractivity contribution is 0.0734. The highest BCUT2D eigenvalue weighted by Crippen LogP contribution is 2.44. The van der Waals surface area contributed by atoms with E-state index in [1.807, 2.05) is 31.2 Å². The van der Waals surface area contributed by atoms with E-state index >= 15 is 0 Å². The van der Waals surface area contributed by atoms with Gasteiger partial charge in [-0.3, -0.25) is 0 Å². The fourth-order valence-electron chi connectivity index (χ4n) is 3.60.